The topological polar surface area (TPSA) is 75.1 Å². The van der Waals surface area contributed by atoms with E-state index in [9.17, 15) is 13.6 Å². The number of benzene rings is 2. The predicted octanol–water partition coefficient (Wildman–Crippen LogP) is 5.84. The Labute approximate surface area is 188 Å². The number of aliphatic carboxylic acids is 1. The van der Waals surface area contributed by atoms with Crippen LogP contribution in [-0.2, 0) is 23.6 Å². The second kappa shape index (κ2) is 9.58. The largest absolute Gasteiger partial charge is 0.477 e. The van der Waals surface area contributed by atoms with Crippen molar-refractivity contribution in [2.75, 3.05) is 11.9 Å². The lowest BCUT2D eigenvalue weighted by atomic mass is 10.0. The van der Waals surface area contributed by atoms with Gasteiger partial charge in [-0.05, 0) is 30.2 Å². The first-order chi connectivity index (χ1) is 14.7. The molecule has 9 heteroatoms. The van der Waals surface area contributed by atoms with Crippen molar-refractivity contribution in [2.45, 2.75) is 25.7 Å². The van der Waals surface area contributed by atoms with Gasteiger partial charge in [0.05, 0.1) is 5.69 Å². The van der Waals surface area contributed by atoms with Gasteiger partial charge >= 0.3 is 11.9 Å². The van der Waals surface area contributed by atoms with Gasteiger partial charge < -0.3 is 10.4 Å². The van der Waals surface area contributed by atoms with E-state index in [4.69, 9.17) is 28.3 Å². The quantitative estimate of drug-likeness (QED) is 0.436. The number of anilines is 1. The van der Waals surface area contributed by atoms with E-state index in [2.05, 4.69) is 15.3 Å². The van der Waals surface area contributed by atoms with Crippen LogP contribution in [0.4, 0.5) is 14.6 Å². The lowest BCUT2D eigenvalue weighted by Crippen LogP contribution is -2.25. The zero-order valence-electron chi connectivity index (χ0n) is 16.5. The predicted molar refractivity (Wildman–Crippen MR) is 117 cm³/mol. The average Bonchev–Trinajstić information content (AvgIpc) is 2.75. The van der Waals surface area contributed by atoms with Crippen LogP contribution in [0.5, 0.6) is 0 Å². The Kier molecular flexibility index (Phi) is 7.08. The first kappa shape index (κ1) is 22.9. The van der Waals surface area contributed by atoms with Gasteiger partial charge in [0.2, 0.25) is 0 Å². The number of carboxylic acids is 1. The summed E-state index contributed by atoms with van der Waals surface area (Å²) < 4.78 is 27.8. The summed E-state index contributed by atoms with van der Waals surface area (Å²) in [5.74, 6) is -5.14. The highest BCUT2D eigenvalue weighted by molar-refractivity contribution is 6.35. The van der Waals surface area contributed by atoms with Crippen LogP contribution in [0.1, 0.15) is 23.9 Å². The molecular formula is C22H19Cl2F2N3O2. The molecule has 0 amide bonds. The molecule has 0 fully saturated rings. The average molecular weight is 466 g/mol. The van der Waals surface area contributed by atoms with E-state index in [-0.39, 0.29) is 0 Å². The Balaban J connectivity index is 1.83. The molecule has 31 heavy (non-hydrogen) atoms. The van der Waals surface area contributed by atoms with E-state index in [0.717, 1.165) is 17.7 Å². The number of rotatable bonds is 8. The Hall–Kier alpha value is -2.77. The monoisotopic (exact) mass is 465 g/mol. The van der Waals surface area contributed by atoms with Gasteiger partial charge in [-0.15, -0.1) is 0 Å². The van der Waals surface area contributed by atoms with Gasteiger partial charge in [-0.2, -0.15) is 8.78 Å². The molecule has 0 aliphatic carbocycles. The lowest BCUT2D eigenvalue weighted by Gasteiger charge is -2.14. The minimum absolute atomic E-state index is 0.374. The summed E-state index contributed by atoms with van der Waals surface area (Å²) in [5, 5.41) is 13.1. The van der Waals surface area contributed by atoms with Crippen LogP contribution in [-0.4, -0.2) is 27.6 Å². The van der Waals surface area contributed by atoms with Crippen LogP contribution in [0.15, 0.2) is 48.5 Å². The number of nitrogens with zero attached hydrogens (tertiary/aromatic N) is 2. The van der Waals surface area contributed by atoms with E-state index >= 15 is 0 Å². The Bertz CT molecular complexity index is 1110. The molecule has 0 radical (unpaired) electrons. The van der Waals surface area contributed by atoms with Crippen molar-refractivity contribution in [3.8, 4) is 11.3 Å². The molecule has 0 bridgehead atoms. The van der Waals surface area contributed by atoms with Gasteiger partial charge in [0.15, 0.2) is 0 Å². The minimum atomic E-state index is -3.99. The number of carbonyl (C=O) groups is 1. The van der Waals surface area contributed by atoms with Crippen molar-refractivity contribution in [3.05, 3.63) is 75.5 Å². The molecule has 2 N–H and O–H groups in total. The number of aromatic nitrogens is 2. The second-order valence-corrected chi connectivity index (χ2v) is 7.62. The van der Waals surface area contributed by atoms with Crippen molar-refractivity contribution in [1.29, 1.82) is 0 Å². The fourth-order valence-electron chi connectivity index (χ4n) is 2.94. The molecule has 1 heterocycles. The number of hydrogen-bond acceptors (Lipinski definition) is 4. The first-order valence-electron chi connectivity index (χ1n) is 9.48. The maximum Gasteiger partial charge on any atom is 0.379 e. The molecule has 3 rings (SSSR count). The van der Waals surface area contributed by atoms with Crippen LogP contribution in [0.3, 0.4) is 0 Å². The minimum Gasteiger partial charge on any atom is -0.477 e. The van der Waals surface area contributed by atoms with Crippen LogP contribution in [0.25, 0.3) is 11.3 Å². The molecule has 0 spiro atoms. The van der Waals surface area contributed by atoms with Crippen molar-refractivity contribution in [2.24, 2.45) is 0 Å². The zero-order chi connectivity index (χ0) is 22.6. The Morgan fingerprint density at radius 1 is 1.13 bits per heavy atom. The molecular weight excluding hydrogens is 447 g/mol. The Morgan fingerprint density at radius 3 is 2.58 bits per heavy atom. The standard InChI is InChI=1S/C22H19Cl2F2N3O2/c1-2-19-28-18(14-4-3-5-15(10-14)22(25,26)21(30)31)12-20(29-19)27-9-8-13-6-7-16(23)11-17(13)24/h3-7,10-12H,2,8-9H2,1H3,(H,30,31)(H,27,28,29). The molecule has 162 valence electrons. The molecule has 0 saturated heterocycles. The van der Waals surface area contributed by atoms with Gasteiger partial charge in [-0.1, -0.05) is 54.4 Å². The second-order valence-electron chi connectivity index (χ2n) is 6.78. The summed E-state index contributed by atoms with van der Waals surface area (Å²) in [6, 6.07) is 12.1. The molecule has 0 saturated carbocycles. The highest BCUT2D eigenvalue weighted by atomic mass is 35.5. The fourth-order valence-corrected chi connectivity index (χ4v) is 3.44. The third-order valence-electron chi connectivity index (χ3n) is 4.59. The molecule has 1 aromatic heterocycles. The summed E-state index contributed by atoms with van der Waals surface area (Å²) in [7, 11) is 0. The van der Waals surface area contributed by atoms with Crippen LogP contribution < -0.4 is 5.32 Å². The highest BCUT2D eigenvalue weighted by Gasteiger charge is 2.41. The van der Waals surface area contributed by atoms with Crippen LogP contribution in [0, 0.1) is 0 Å². The lowest BCUT2D eigenvalue weighted by molar-refractivity contribution is -0.166. The summed E-state index contributed by atoms with van der Waals surface area (Å²) >= 11 is 12.1. The van der Waals surface area contributed by atoms with E-state index in [1.807, 2.05) is 13.0 Å². The summed E-state index contributed by atoms with van der Waals surface area (Å²) in [6.07, 6.45) is 1.16. The molecule has 0 atom stereocenters. The van der Waals surface area contributed by atoms with E-state index in [1.165, 1.54) is 6.07 Å². The van der Waals surface area contributed by atoms with Crippen LogP contribution >= 0.6 is 23.2 Å². The van der Waals surface area contributed by atoms with Gasteiger partial charge in [0.1, 0.15) is 11.6 Å². The van der Waals surface area contributed by atoms with Gasteiger partial charge in [0, 0.05) is 40.2 Å². The Morgan fingerprint density at radius 2 is 1.90 bits per heavy atom. The van der Waals surface area contributed by atoms with Gasteiger partial charge in [-0.25, -0.2) is 14.8 Å². The van der Waals surface area contributed by atoms with Crippen molar-refractivity contribution < 1.29 is 18.7 Å². The molecule has 3 aromatic rings. The summed E-state index contributed by atoms with van der Waals surface area (Å²) in [5.41, 5.74) is 1.11. The van der Waals surface area contributed by atoms with Gasteiger partial charge in [0.25, 0.3) is 0 Å². The molecule has 0 aliphatic rings. The molecule has 0 unspecified atom stereocenters. The number of halogens is 4. The maximum atomic E-state index is 13.9. The normalized spacial score (nSPS) is 11.4. The third kappa shape index (κ3) is 5.48. The van der Waals surface area contributed by atoms with Crippen molar-refractivity contribution >= 4 is 35.0 Å². The number of alkyl halides is 2. The van der Waals surface area contributed by atoms with E-state index in [1.54, 1.807) is 24.3 Å². The van der Waals surface area contributed by atoms with Crippen molar-refractivity contribution in [1.82, 2.24) is 9.97 Å². The van der Waals surface area contributed by atoms with Crippen LogP contribution in [0.2, 0.25) is 10.0 Å². The third-order valence-corrected chi connectivity index (χ3v) is 5.18. The number of aryl methyl sites for hydroxylation is 1. The maximum absolute atomic E-state index is 13.9. The number of carboxylic acid groups (broad SMARTS) is 1. The number of nitrogens with one attached hydrogen (secondary N) is 1. The summed E-state index contributed by atoms with van der Waals surface area (Å²) in [4.78, 5) is 19.7. The van der Waals surface area contributed by atoms with E-state index in [0.29, 0.717) is 52.3 Å². The van der Waals surface area contributed by atoms with Crippen molar-refractivity contribution in [3.63, 3.8) is 0 Å². The zero-order valence-corrected chi connectivity index (χ0v) is 18.0. The molecule has 2 aromatic carbocycles. The highest BCUT2D eigenvalue weighted by Crippen LogP contribution is 2.31. The SMILES string of the molecule is CCc1nc(NCCc2ccc(Cl)cc2Cl)cc(-c2cccc(C(F)(F)C(=O)O)c2)n1. The summed E-state index contributed by atoms with van der Waals surface area (Å²) in [6.45, 7) is 2.41. The number of hydrogen-bond donors (Lipinski definition) is 2. The fraction of sp³-hybridized carbons (Fsp3) is 0.227. The van der Waals surface area contributed by atoms with Gasteiger partial charge in [-0.3, -0.25) is 0 Å². The first-order valence-corrected chi connectivity index (χ1v) is 10.2. The smallest absolute Gasteiger partial charge is 0.379 e. The van der Waals surface area contributed by atoms with E-state index < -0.39 is 17.5 Å². The molecule has 5 nitrogen and oxygen atoms in total. The molecule has 0 aliphatic heterocycles.